The Bertz CT molecular complexity index is 549. The van der Waals surface area contributed by atoms with Crippen LogP contribution in [0.4, 0.5) is 5.69 Å². The molecule has 0 heterocycles. The number of anilines is 1. The van der Waals surface area contributed by atoms with Crippen molar-refractivity contribution in [3.8, 4) is 6.07 Å². The maximum absolute atomic E-state index is 12.0. The van der Waals surface area contributed by atoms with Gasteiger partial charge in [-0.15, -0.1) is 0 Å². The molecule has 0 bridgehead atoms. The van der Waals surface area contributed by atoms with Crippen LogP contribution in [0.5, 0.6) is 0 Å². The summed E-state index contributed by atoms with van der Waals surface area (Å²) in [4.78, 5) is 12.0. The number of nitrogens with zero attached hydrogens (tertiary/aromatic N) is 1. The lowest BCUT2D eigenvalue weighted by molar-refractivity contribution is -0.120. The van der Waals surface area contributed by atoms with Crippen LogP contribution in [-0.4, -0.2) is 25.1 Å². The molecule has 1 saturated carbocycles. The molecule has 21 heavy (non-hydrogen) atoms. The van der Waals surface area contributed by atoms with Gasteiger partial charge in [0.2, 0.25) is 5.91 Å². The van der Waals surface area contributed by atoms with Crippen LogP contribution >= 0.6 is 0 Å². The van der Waals surface area contributed by atoms with Crippen molar-refractivity contribution in [3.05, 3.63) is 29.8 Å². The first kappa shape index (κ1) is 15.3. The third-order valence-electron chi connectivity index (χ3n) is 3.78. The van der Waals surface area contributed by atoms with E-state index >= 15 is 0 Å². The van der Waals surface area contributed by atoms with Crippen molar-refractivity contribution in [2.45, 2.75) is 31.9 Å². The second-order valence-corrected chi connectivity index (χ2v) is 5.58. The van der Waals surface area contributed by atoms with E-state index in [1.165, 1.54) is 0 Å². The second kappa shape index (κ2) is 6.59. The van der Waals surface area contributed by atoms with Crippen LogP contribution in [0.2, 0.25) is 0 Å². The van der Waals surface area contributed by atoms with E-state index < -0.39 is 5.54 Å². The maximum Gasteiger partial charge on any atom is 0.240 e. The summed E-state index contributed by atoms with van der Waals surface area (Å²) in [5.41, 5.74) is 1.13. The number of ether oxygens (including phenoxy) is 1. The Morgan fingerprint density at radius 3 is 2.81 bits per heavy atom. The fourth-order valence-electron chi connectivity index (χ4n) is 2.37. The van der Waals surface area contributed by atoms with Gasteiger partial charge in [0.05, 0.1) is 19.2 Å². The van der Waals surface area contributed by atoms with Gasteiger partial charge < -0.3 is 15.4 Å². The molecule has 1 aromatic carbocycles. The van der Waals surface area contributed by atoms with Gasteiger partial charge in [-0.05, 0) is 31.7 Å². The molecular formula is C16H21N3O2. The molecule has 5 nitrogen and oxygen atoms in total. The smallest absolute Gasteiger partial charge is 0.240 e. The van der Waals surface area contributed by atoms with Gasteiger partial charge in [-0.25, -0.2) is 0 Å². The van der Waals surface area contributed by atoms with E-state index in [1.54, 1.807) is 14.0 Å². The van der Waals surface area contributed by atoms with Crippen LogP contribution in [0.1, 0.15) is 25.3 Å². The van der Waals surface area contributed by atoms with Gasteiger partial charge in [-0.1, -0.05) is 18.2 Å². The average Bonchev–Trinajstić information content (AvgIpc) is 3.31. The fraction of sp³-hybridized carbons (Fsp3) is 0.500. The Balaban J connectivity index is 1.91. The number of carbonyl (C=O) groups is 1. The predicted molar refractivity (Wildman–Crippen MR) is 80.5 cm³/mol. The Morgan fingerprint density at radius 1 is 1.48 bits per heavy atom. The number of rotatable bonds is 7. The first-order valence-electron chi connectivity index (χ1n) is 7.12. The quantitative estimate of drug-likeness (QED) is 0.805. The van der Waals surface area contributed by atoms with Crippen molar-refractivity contribution < 1.29 is 9.53 Å². The zero-order valence-corrected chi connectivity index (χ0v) is 12.5. The second-order valence-electron chi connectivity index (χ2n) is 5.58. The van der Waals surface area contributed by atoms with E-state index in [4.69, 9.17) is 4.74 Å². The number of hydrogen-bond donors (Lipinski definition) is 2. The summed E-state index contributed by atoms with van der Waals surface area (Å²) in [6, 6.07) is 9.92. The molecule has 0 unspecified atom stereocenters. The van der Waals surface area contributed by atoms with Crippen LogP contribution in [0.3, 0.4) is 0 Å². The first-order chi connectivity index (χ1) is 10.1. The van der Waals surface area contributed by atoms with Crippen LogP contribution < -0.4 is 10.6 Å². The standard InChI is InChI=1S/C16H21N3O2/c1-16(11-17,13-7-8-13)19-15(20)9-18-14-6-4-3-5-12(14)10-21-2/h3-6,13,18H,7-10H2,1-2H3,(H,19,20)/t16-/m1/s1. The molecule has 5 heteroatoms. The maximum atomic E-state index is 12.0. The minimum Gasteiger partial charge on any atom is -0.380 e. The largest absolute Gasteiger partial charge is 0.380 e. The molecule has 1 amide bonds. The lowest BCUT2D eigenvalue weighted by atomic mass is 9.98. The lowest BCUT2D eigenvalue weighted by Crippen LogP contribution is -2.48. The van der Waals surface area contributed by atoms with Gasteiger partial charge in [-0.3, -0.25) is 4.79 Å². The van der Waals surface area contributed by atoms with E-state index in [-0.39, 0.29) is 18.4 Å². The van der Waals surface area contributed by atoms with E-state index in [0.29, 0.717) is 6.61 Å². The molecular weight excluding hydrogens is 266 g/mol. The fourth-order valence-corrected chi connectivity index (χ4v) is 2.37. The van der Waals surface area contributed by atoms with Gasteiger partial charge in [-0.2, -0.15) is 5.26 Å². The molecule has 0 saturated heterocycles. The number of amides is 1. The first-order valence-corrected chi connectivity index (χ1v) is 7.12. The van der Waals surface area contributed by atoms with Crippen molar-refractivity contribution >= 4 is 11.6 Å². The van der Waals surface area contributed by atoms with Crippen LogP contribution in [0.15, 0.2) is 24.3 Å². The Hall–Kier alpha value is -2.06. The highest BCUT2D eigenvalue weighted by atomic mass is 16.5. The molecule has 2 rings (SSSR count). The number of benzene rings is 1. The van der Waals surface area contributed by atoms with Crippen LogP contribution in [-0.2, 0) is 16.1 Å². The van der Waals surface area contributed by atoms with Crippen molar-refractivity contribution in [2.75, 3.05) is 19.0 Å². The van der Waals surface area contributed by atoms with E-state index in [1.807, 2.05) is 24.3 Å². The molecule has 1 atom stereocenters. The molecule has 1 aromatic rings. The Kier molecular flexibility index (Phi) is 4.81. The van der Waals surface area contributed by atoms with E-state index in [2.05, 4.69) is 16.7 Å². The topological polar surface area (TPSA) is 74.2 Å². The minimum atomic E-state index is -0.745. The summed E-state index contributed by atoms with van der Waals surface area (Å²) >= 11 is 0. The number of para-hydroxylation sites is 1. The summed E-state index contributed by atoms with van der Waals surface area (Å²) in [5, 5.41) is 15.2. The number of methoxy groups -OCH3 is 1. The molecule has 1 fully saturated rings. The van der Waals surface area contributed by atoms with Gasteiger partial charge in [0, 0.05) is 18.4 Å². The van der Waals surface area contributed by atoms with Gasteiger partial charge in [0.15, 0.2) is 0 Å². The summed E-state index contributed by atoms with van der Waals surface area (Å²) < 4.78 is 5.13. The molecule has 112 valence electrons. The number of nitriles is 1. The highest BCUT2D eigenvalue weighted by molar-refractivity contribution is 5.82. The van der Waals surface area contributed by atoms with Crippen molar-refractivity contribution in [2.24, 2.45) is 5.92 Å². The van der Waals surface area contributed by atoms with Crippen molar-refractivity contribution in [1.29, 1.82) is 5.26 Å². The molecule has 2 N–H and O–H groups in total. The SMILES string of the molecule is COCc1ccccc1NCC(=O)N[C@](C)(C#N)C1CC1. The predicted octanol–water partition coefficient (Wildman–Crippen LogP) is 2.05. The number of hydrogen-bond acceptors (Lipinski definition) is 4. The van der Waals surface area contributed by atoms with E-state index in [0.717, 1.165) is 24.1 Å². The molecule has 1 aliphatic rings. The Labute approximate surface area is 125 Å². The lowest BCUT2D eigenvalue weighted by Gasteiger charge is -2.23. The van der Waals surface area contributed by atoms with Crippen LogP contribution in [0, 0.1) is 17.2 Å². The third-order valence-corrected chi connectivity index (χ3v) is 3.78. The normalized spacial score (nSPS) is 16.6. The van der Waals surface area contributed by atoms with E-state index in [9.17, 15) is 10.1 Å². The molecule has 0 spiro atoms. The zero-order valence-electron chi connectivity index (χ0n) is 12.5. The summed E-state index contributed by atoms with van der Waals surface area (Å²) in [6.45, 7) is 2.43. The summed E-state index contributed by atoms with van der Waals surface area (Å²) in [7, 11) is 1.64. The Morgan fingerprint density at radius 2 is 2.19 bits per heavy atom. The van der Waals surface area contributed by atoms with Crippen LogP contribution in [0.25, 0.3) is 0 Å². The van der Waals surface area contributed by atoms with Crippen molar-refractivity contribution in [1.82, 2.24) is 5.32 Å². The zero-order chi connectivity index (χ0) is 15.3. The minimum absolute atomic E-state index is 0.144. The highest BCUT2D eigenvalue weighted by Crippen LogP contribution is 2.39. The summed E-state index contributed by atoms with van der Waals surface area (Å²) in [5.74, 6) is 0.116. The molecule has 1 aliphatic carbocycles. The van der Waals surface area contributed by atoms with Gasteiger partial charge >= 0.3 is 0 Å². The molecule has 0 radical (unpaired) electrons. The molecule has 0 aromatic heterocycles. The number of nitrogens with one attached hydrogen (secondary N) is 2. The monoisotopic (exact) mass is 287 g/mol. The van der Waals surface area contributed by atoms with Gasteiger partial charge in [0.25, 0.3) is 0 Å². The molecule has 0 aliphatic heterocycles. The van der Waals surface area contributed by atoms with Gasteiger partial charge in [0.1, 0.15) is 5.54 Å². The summed E-state index contributed by atoms with van der Waals surface area (Å²) in [6.07, 6.45) is 2.02. The highest BCUT2D eigenvalue weighted by Gasteiger charge is 2.42. The number of carbonyl (C=O) groups excluding carboxylic acids is 1. The van der Waals surface area contributed by atoms with Crippen molar-refractivity contribution in [3.63, 3.8) is 0 Å². The third kappa shape index (κ3) is 3.96. The average molecular weight is 287 g/mol.